The van der Waals surface area contributed by atoms with Gasteiger partial charge in [-0.3, -0.25) is 0 Å². The van der Waals surface area contributed by atoms with E-state index >= 15 is 0 Å². The van der Waals surface area contributed by atoms with Crippen molar-refractivity contribution in [3.8, 4) is 0 Å². The summed E-state index contributed by atoms with van der Waals surface area (Å²) in [6.07, 6.45) is 0. The number of aromatic carboxylic acids is 1. The Bertz CT molecular complexity index is 441. The lowest BCUT2D eigenvalue weighted by Gasteiger charge is -2.06. The molecule has 0 atom stereocenters. The maximum Gasteiger partial charge on any atom is 0.335 e. The molecule has 0 spiro atoms. The topological polar surface area (TPSA) is 65.0 Å². The average Bonchev–Trinajstić information content (AvgIpc) is 2.47. The van der Waals surface area contributed by atoms with Crippen LogP contribution in [0.4, 0.5) is 4.39 Å². The molecule has 5 nitrogen and oxygen atoms in total. The zero-order chi connectivity index (χ0) is 15.5. The van der Waals surface area contributed by atoms with Gasteiger partial charge in [-0.05, 0) is 18.2 Å². The Morgan fingerprint density at radius 3 is 2.52 bits per heavy atom. The number of carboxylic acid groups (broad SMARTS) is 1. The van der Waals surface area contributed by atoms with Crippen molar-refractivity contribution < 1.29 is 28.5 Å². The molecule has 0 heterocycles. The second kappa shape index (κ2) is 10.6. The summed E-state index contributed by atoms with van der Waals surface area (Å²) in [5.74, 6) is -0.952. The number of carboxylic acids is 1. The molecule has 0 amide bonds. The molecule has 0 aliphatic rings. The van der Waals surface area contributed by atoms with Crippen molar-refractivity contribution in [1.82, 2.24) is 0 Å². The molecule has 0 aliphatic heterocycles. The SMILES string of the molecule is COCCOCCOCCSc1cc(C(=O)O)ccc1F. The van der Waals surface area contributed by atoms with Crippen LogP contribution in [0, 0.1) is 5.82 Å². The largest absolute Gasteiger partial charge is 0.478 e. The Balaban J connectivity index is 2.18. The lowest BCUT2D eigenvalue weighted by Crippen LogP contribution is -2.09. The fourth-order valence-corrected chi connectivity index (χ4v) is 2.26. The van der Waals surface area contributed by atoms with Gasteiger partial charge in [-0.2, -0.15) is 0 Å². The van der Waals surface area contributed by atoms with E-state index in [4.69, 9.17) is 19.3 Å². The Hall–Kier alpha value is -1.15. The number of hydrogen-bond acceptors (Lipinski definition) is 5. The molecular formula is C14H19FO5S. The first-order chi connectivity index (χ1) is 10.1. The van der Waals surface area contributed by atoms with Crippen LogP contribution < -0.4 is 0 Å². The molecule has 1 aromatic rings. The van der Waals surface area contributed by atoms with Crippen LogP contribution in [0.3, 0.4) is 0 Å². The number of carbonyl (C=O) groups is 1. The van der Waals surface area contributed by atoms with Crippen LogP contribution in [0.1, 0.15) is 10.4 Å². The fraction of sp³-hybridized carbons (Fsp3) is 0.500. The van der Waals surface area contributed by atoms with Crippen molar-refractivity contribution in [1.29, 1.82) is 0 Å². The number of ether oxygens (including phenoxy) is 3. The Morgan fingerprint density at radius 2 is 1.86 bits per heavy atom. The van der Waals surface area contributed by atoms with E-state index in [-0.39, 0.29) is 5.56 Å². The summed E-state index contributed by atoms with van der Waals surface area (Å²) >= 11 is 1.23. The predicted molar refractivity (Wildman–Crippen MR) is 77.6 cm³/mol. The first kappa shape index (κ1) is 17.9. The molecular weight excluding hydrogens is 299 g/mol. The van der Waals surface area contributed by atoms with E-state index in [1.807, 2.05) is 0 Å². The second-order valence-corrected chi connectivity index (χ2v) is 5.15. The van der Waals surface area contributed by atoms with Crippen molar-refractivity contribution in [2.24, 2.45) is 0 Å². The Kier molecular flexibility index (Phi) is 9.00. The number of hydrogen-bond donors (Lipinski definition) is 1. The monoisotopic (exact) mass is 318 g/mol. The van der Waals surface area contributed by atoms with Gasteiger partial charge in [0, 0.05) is 17.8 Å². The minimum atomic E-state index is -1.07. The average molecular weight is 318 g/mol. The molecule has 0 unspecified atom stereocenters. The van der Waals surface area contributed by atoms with Gasteiger partial charge in [-0.25, -0.2) is 9.18 Å². The molecule has 7 heteroatoms. The van der Waals surface area contributed by atoms with Gasteiger partial charge in [0.15, 0.2) is 0 Å². The third-order valence-electron chi connectivity index (χ3n) is 2.47. The van der Waals surface area contributed by atoms with E-state index in [9.17, 15) is 9.18 Å². The summed E-state index contributed by atoms with van der Waals surface area (Å²) in [5, 5.41) is 8.85. The van der Waals surface area contributed by atoms with Crippen LogP contribution >= 0.6 is 11.8 Å². The molecule has 0 saturated carbocycles. The lowest BCUT2D eigenvalue weighted by atomic mass is 10.2. The number of benzene rings is 1. The Labute approximate surface area is 127 Å². The van der Waals surface area contributed by atoms with E-state index in [1.54, 1.807) is 7.11 Å². The van der Waals surface area contributed by atoms with Crippen molar-refractivity contribution in [3.63, 3.8) is 0 Å². The third kappa shape index (κ3) is 7.42. The minimum Gasteiger partial charge on any atom is -0.478 e. The minimum absolute atomic E-state index is 0.0753. The van der Waals surface area contributed by atoms with Crippen molar-refractivity contribution in [2.75, 3.05) is 45.9 Å². The first-order valence-electron chi connectivity index (χ1n) is 6.45. The summed E-state index contributed by atoms with van der Waals surface area (Å²) in [7, 11) is 1.61. The van der Waals surface area contributed by atoms with Crippen molar-refractivity contribution in [3.05, 3.63) is 29.6 Å². The molecule has 1 N–H and O–H groups in total. The maximum atomic E-state index is 13.5. The highest BCUT2D eigenvalue weighted by Crippen LogP contribution is 2.22. The molecule has 0 fully saturated rings. The van der Waals surface area contributed by atoms with Gasteiger partial charge in [0.25, 0.3) is 0 Å². The summed E-state index contributed by atoms with van der Waals surface area (Å²) in [5.41, 5.74) is 0.0753. The summed E-state index contributed by atoms with van der Waals surface area (Å²) in [6, 6.07) is 3.74. The molecule has 118 valence electrons. The summed E-state index contributed by atoms with van der Waals surface area (Å²) in [4.78, 5) is 11.1. The number of thioether (sulfide) groups is 1. The molecule has 21 heavy (non-hydrogen) atoms. The quantitative estimate of drug-likeness (QED) is 0.499. The van der Waals surface area contributed by atoms with E-state index < -0.39 is 11.8 Å². The van der Waals surface area contributed by atoms with Gasteiger partial charge in [0.05, 0.1) is 38.6 Å². The van der Waals surface area contributed by atoms with E-state index in [0.29, 0.717) is 43.7 Å². The van der Waals surface area contributed by atoms with Gasteiger partial charge in [-0.1, -0.05) is 0 Å². The third-order valence-corrected chi connectivity index (χ3v) is 3.46. The van der Waals surface area contributed by atoms with Gasteiger partial charge < -0.3 is 19.3 Å². The van der Waals surface area contributed by atoms with Crippen LogP contribution in [-0.2, 0) is 14.2 Å². The van der Waals surface area contributed by atoms with Gasteiger partial charge >= 0.3 is 5.97 Å². The highest BCUT2D eigenvalue weighted by atomic mass is 32.2. The zero-order valence-electron chi connectivity index (χ0n) is 11.8. The number of rotatable bonds is 11. The highest BCUT2D eigenvalue weighted by molar-refractivity contribution is 7.99. The van der Waals surface area contributed by atoms with Crippen molar-refractivity contribution in [2.45, 2.75) is 4.90 Å². The van der Waals surface area contributed by atoms with Gasteiger partial charge in [-0.15, -0.1) is 11.8 Å². The zero-order valence-corrected chi connectivity index (χ0v) is 12.7. The molecule has 0 radical (unpaired) electrons. The predicted octanol–water partition coefficient (Wildman–Crippen LogP) is 2.30. The first-order valence-corrected chi connectivity index (χ1v) is 7.43. The standard InChI is InChI=1S/C14H19FO5S/c1-18-4-5-19-6-7-20-8-9-21-13-10-11(14(16)17)2-3-12(13)15/h2-3,10H,4-9H2,1H3,(H,16,17). The van der Waals surface area contributed by atoms with Gasteiger partial charge in [0.2, 0.25) is 0 Å². The fourth-order valence-electron chi connectivity index (χ4n) is 1.42. The molecule has 1 rings (SSSR count). The van der Waals surface area contributed by atoms with Crippen LogP contribution in [0.2, 0.25) is 0 Å². The Morgan fingerprint density at radius 1 is 1.19 bits per heavy atom. The normalized spacial score (nSPS) is 10.8. The van der Waals surface area contributed by atoms with Crippen LogP contribution in [-0.4, -0.2) is 57.0 Å². The summed E-state index contributed by atoms with van der Waals surface area (Å²) < 4.78 is 28.9. The number of methoxy groups -OCH3 is 1. The van der Waals surface area contributed by atoms with E-state index in [2.05, 4.69) is 0 Å². The second-order valence-electron chi connectivity index (χ2n) is 4.02. The molecule has 0 saturated heterocycles. The molecule has 1 aromatic carbocycles. The van der Waals surface area contributed by atoms with Crippen LogP contribution in [0.15, 0.2) is 23.1 Å². The molecule has 0 aliphatic carbocycles. The van der Waals surface area contributed by atoms with E-state index in [1.165, 1.54) is 23.9 Å². The smallest absolute Gasteiger partial charge is 0.335 e. The maximum absolute atomic E-state index is 13.5. The summed E-state index contributed by atoms with van der Waals surface area (Å²) in [6.45, 7) is 2.46. The van der Waals surface area contributed by atoms with Crippen molar-refractivity contribution >= 4 is 17.7 Å². The van der Waals surface area contributed by atoms with E-state index in [0.717, 1.165) is 6.07 Å². The van der Waals surface area contributed by atoms with Crippen LogP contribution in [0.25, 0.3) is 0 Å². The molecule has 0 bridgehead atoms. The molecule has 0 aromatic heterocycles. The highest BCUT2D eigenvalue weighted by Gasteiger charge is 2.08. The van der Waals surface area contributed by atoms with Gasteiger partial charge in [0.1, 0.15) is 5.82 Å². The lowest BCUT2D eigenvalue weighted by molar-refractivity contribution is 0.0286. The van der Waals surface area contributed by atoms with Crippen LogP contribution in [0.5, 0.6) is 0 Å². The number of halogens is 1.